The van der Waals surface area contributed by atoms with Gasteiger partial charge in [0, 0.05) is 18.5 Å². The van der Waals surface area contributed by atoms with E-state index in [0.717, 1.165) is 27.4 Å². The van der Waals surface area contributed by atoms with E-state index in [1.807, 2.05) is 20.8 Å². The maximum Gasteiger partial charge on any atom is 0.275 e. The fraction of sp³-hybridized carbons (Fsp3) is 0.588. The molecule has 146 valence electrons. The van der Waals surface area contributed by atoms with Crippen LogP contribution in [0.5, 0.6) is 0 Å². The predicted octanol–water partition coefficient (Wildman–Crippen LogP) is 0.159. The van der Waals surface area contributed by atoms with Gasteiger partial charge >= 0.3 is 0 Å². The average Bonchev–Trinajstić information content (AvgIpc) is 2.70. The van der Waals surface area contributed by atoms with Crippen LogP contribution >= 0.6 is 0 Å². The van der Waals surface area contributed by atoms with Gasteiger partial charge in [-0.2, -0.15) is 4.31 Å². The Morgan fingerprint density at radius 3 is 2.38 bits per heavy atom. The van der Waals surface area contributed by atoms with Crippen LogP contribution in [0.25, 0.3) is 0 Å². The quantitative estimate of drug-likeness (QED) is 0.770. The van der Waals surface area contributed by atoms with Crippen molar-refractivity contribution in [3.63, 3.8) is 0 Å². The first-order valence-electron chi connectivity index (χ1n) is 8.59. The summed E-state index contributed by atoms with van der Waals surface area (Å²) in [6.07, 6.45) is 0.507. The second-order valence-corrected chi connectivity index (χ2v) is 9.41. The molecule has 1 atom stereocenters. The summed E-state index contributed by atoms with van der Waals surface area (Å²) in [5.74, 6) is -2.30. The molecule has 2 N–H and O–H groups in total. The number of nitrogens with one attached hydrogen (secondary N) is 2. The molecule has 1 saturated heterocycles. The molecule has 9 heteroatoms. The van der Waals surface area contributed by atoms with E-state index in [0.29, 0.717) is 19.5 Å². The van der Waals surface area contributed by atoms with Gasteiger partial charge in [-0.25, -0.2) is 17.2 Å². The Bertz CT molecular complexity index is 743. The van der Waals surface area contributed by atoms with Crippen molar-refractivity contribution in [2.24, 2.45) is 0 Å². The zero-order valence-electron chi connectivity index (χ0n) is 15.3. The lowest BCUT2D eigenvalue weighted by Crippen LogP contribution is -3.13. The van der Waals surface area contributed by atoms with E-state index < -0.39 is 26.6 Å². The molecule has 1 aromatic carbocycles. The number of hydrogen-bond acceptors (Lipinski definition) is 3. The van der Waals surface area contributed by atoms with Crippen LogP contribution in [0.1, 0.15) is 27.2 Å². The number of sulfonamides is 1. The molecular formula is C17H26F2N3O3S+. The average molecular weight is 390 g/mol. The first-order chi connectivity index (χ1) is 12.0. The van der Waals surface area contributed by atoms with E-state index in [1.165, 1.54) is 0 Å². The highest BCUT2D eigenvalue weighted by Crippen LogP contribution is 2.22. The molecule has 1 amide bonds. The lowest BCUT2D eigenvalue weighted by atomic mass is 10.1. The standard InChI is InChI=1S/C17H25F2N3O3S/c1-17(2,3)20-15(23)12-21-8-5-9-22(11-10-21)26(24,25)16-13(18)6-4-7-14(16)19/h4,6-7H,5,8-12H2,1-3H3,(H,20,23)/p+1. The Morgan fingerprint density at radius 1 is 1.19 bits per heavy atom. The Hall–Kier alpha value is -1.58. The number of amides is 1. The molecule has 2 rings (SSSR count). The minimum Gasteiger partial charge on any atom is -0.347 e. The number of benzene rings is 1. The lowest BCUT2D eigenvalue weighted by molar-refractivity contribution is -0.889. The molecule has 0 saturated carbocycles. The normalized spacial score (nSPS) is 19.8. The number of hydrogen-bond donors (Lipinski definition) is 2. The van der Waals surface area contributed by atoms with Gasteiger partial charge in [0.25, 0.3) is 5.91 Å². The van der Waals surface area contributed by atoms with Crippen molar-refractivity contribution in [1.82, 2.24) is 9.62 Å². The summed E-state index contributed by atoms with van der Waals surface area (Å²) < 4.78 is 54.2. The van der Waals surface area contributed by atoms with Crippen molar-refractivity contribution in [3.05, 3.63) is 29.8 Å². The Labute approximate surface area is 153 Å². The first-order valence-corrected chi connectivity index (χ1v) is 10.0. The van der Waals surface area contributed by atoms with E-state index in [4.69, 9.17) is 0 Å². The molecule has 1 fully saturated rings. The van der Waals surface area contributed by atoms with Crippen LogP contribution in [0.2, 0.25) is 0 Å². The Kier molecular flexibility index (Phi) is 6.36. The summed E-state index contributed by atoms with van der Waals surface area (Å²) in [6.45, 7) is 7.18. The fourth-order valence-corrected chi connectivity index (χ4v) is 4.58. The van der Waals surface area contributed by atoms with Crippen molar-refractivity contribution >= 4 is 15.9 Å². The van der Waals surface area contributed by atoms with E-state index >= 15 is 0 Å². The molecule has 6 nitrogen and oxygen atoms in total. The van der Waals surface area contributed by atoms with E-state index in [1.54, 1.807) is 0 Å². The molecule has 1 heterocycles. The zero-order valence-corrected chi connectivity index (χ0v) is 16.1. The zero-order chi connectivity index (χ0) is 19.5. The lowest BCUT2D eigenvalue weighted by Gasteiger charge is -2.23. The molecule has 1 aliphatic rings. The van der Waals surface area contributed by atoms with E-state index in [2.05, 4.69) is 5.32 Å². The molecule has 0 bridgehead atoms. The smallest absolute Gasteiger partial charge is 0.275 e. The molecule has 1 aliphatic heterocycles. The SMILES string of the molecule is CC(C)(C)NC(=O)C[NH+]1CCCN(S(=O)(=O)c2c(F)cccc2F)CC1. The summed E-state index contributed by atoms with van der Waals surface area (Å²) >= 11 is 0. The van der Waals surface area contributed by atoms with Crippen LogP contribution in [0.3, 0.4) is 0 Å². The monoisotopic (exact) mass is 390 g/mol. The van der Waals surface area contributed by atoms with Crippen LogP contribution in [0.15, 0.2) is 23.1 Å². The Morgan fingerprint density at radius 2 is 1.81 bits per heavy atom. The van der Waals surface area contributed by atoms with Crippen LogP contribution in [0, 0.1) is 11.6 Å². The number of halogens is 2. The van der Waals surface area contributed by atoms with Gasteiger partial charge < -0.3 is 10.2 Å². The predicted molar refractivity (Wildman–Crippen MR) is 93.2 cm³/mol. The summed E-state index contributed by atoms with van der Waals surface area (Å²) in [5, 5.41) is 2.88. The van der Waals surface area contributed by atoms with Crippen LogP contribution in [0.4, 0.5) is 8.78 Å². The van der Waals surface area contributed by atoms with Crippen molar-refractivity contribution < 1.29 is 26.9 Å². The highest BCUT2D eigenvalue weighted by atomic mass is 32.2. The largest absolute Gasteiger partial charge is 0.347 e. The van der Waals surface area contributed by atoms with Crippen molar-refractivity contribution in [2.75, 3.05) is 32.7 Å². The molecule has 0 aliphatic carbocycles. The van der Waals surface area contributed by atoms with Gasteiger partial charge in [0.2, 0.25) is 10.0 Å². The molecule has 1 aromatic rings. The summed E-state index contributed by atoms with van der Waals surface area (Å²) in [7, 11) is -4.26. The summed E-state index contributed by atoms with van der Waals surface area (Å²) in [5.41, 5.74) is -0.333. The van der Waals surface area contributed by atoms with Gasteiger partial charge in [-0.05, 0) is 32.9 Å². The van der Waals surface area contributed by atoms with Crippen LogP contribution in [-0.2, 0) is 14.8 Å². The number of quaternary nitrogens is 1. The topological polar surface area (TPSA) is 70.9 Å². The van der Waals surface area contributed by atoms with Gasteiger partial charge in [0.1, 0.15) is 11.6 Å². The summed E-state index contributed by atoms with van der Waals surface area (Å²) in [6, 6.07) is 3.00. The van der Waals surface area contributed by atoms with Crippen LogP contribution < -0.4 is 10.2 Å². The van der Waals surface area contributed by atoms with Crippen molar-refractivity contribution in [1.29, 1.82) is 0 Å². The third-order valence-corrected chi connectivity index (χ3v) is 6.05. The minimum atomic E-state index is -4.26. The van der Waals surface area contributed by atoms with Gasteiger partial charge in [0.15, 0.2) is 11.4 Å². The number of nitrogens with zero attached hydrogens (tertiary/aromatic N) is 1. The Balaban J connectivity index is 2.07. The molecule has 26 heavy (non-hydrogen) atoms. The minimum absolute atomic E-state index is 0.105. The third kappa shape index (κ3) is 5.21. The van der Waals surface area contributed by atoms with Gasteiger partial charge in [-0.1, -0.05) is 6.07 Å². The number of rotatable bonds is 4. The first kappa shape index (κ1) is 20.7. The fourth-order valence-electron chi connectivity index (χ4n) is 2.99. The van der Waals surface area contributed by atoms with Crippen molar-refractivity contribution in [2.45, 2.75) is 37.6 Å². The second kappa shape index (κ2) is 7.98. The number of carbonyl (C=O) groups is 1. The second-order valence-electron chi connectivity index (χ2n) is 7.53. The van der Waals surface area contributed by atoms with Gasteiger partial charge in [-0.15, -0.1) is 0 Å². The van der Waals surface area contributed by atoms with E-state index in [9.17, 15) is 22.0 Å². The molecule has 0 spiro atoms. The highest BCUT2D eigenvalue weighted by molar-refractivity contribution is 7.89. The van der Waals surface area contributed by atoms with Gasteiger partial charge in [-0.3, -0.25) is 4.79 Å². The maximum atomic E-state index is 13.9. The highest BCUT2D eigenvalue weighted by Gasteiger charge is 2.33. The molecule has 0 aromatic heterocycles. The van der Waals surface area contributed by atoms with Gasteiger partial charge in [0.05, 0.1) is 19.6 Å². The van der Waals surface area contributed by atoms with Crippen LogP contribution in [-0.4, -0.2) is 56.9 Å². The third-order valence-electron chi connectivity index (χ3n) is 4.09. The molecular weight excluding hydrogens is 364 g/mol. The maximum absolute atomic E-state index is 13.9. The summed E-state index contributed by atoms with van der Waals surface area (Å²) in [4.78, 5) is 12.1. The van der Waals surface area contributed by atoms with Crippen molar-refractivity contribution in [3.8, 4) is 0 Å². The number of carbonyl (C=O) groups excluding carboxylic acids is 1. The molecule has 0 radical (unpaired) electrons. The van der Waals surface area contributed by atoms with E-state index in [-0.39, 0.29) is 31.1 Å². The molecule has 1 unspecified atom stereocenters.